The van der Waals surface area contributed by atoms with E-state index in [4.69, 9.17) is 5.73 Å². The summed E-state index contributed by atoms with van der Waals surface area (Å²) in [6.45, 7) is 0.0336. The van der Waals surface area contributed by atoms with Gasteiger partial charge >= 0.3 is 5.69 Å². The van der Waals surface area contributed by atoms with Crippen LogP contribution in [0.25, 0.3) is 28.0 Å². The lowest BCUT2D eigenvalue weighted by atomic mass is 10.0. The Labute approximate surface area is 156 Å². The van der Waals surface area contributed by atoms with Crippen molar-refractivity contribution in [2.24, 2.45) is 5.73 Å². The molecule has 0 aliphatic carbocycles. The molecule has 0 saturated carbocycles. The molecule has 28 heavy (non-hydrogen) atoms. The number of nitrogens with two attached hydrogens (primary N) is 1. The molecule has 4 aromatic rings. The van der Waals surface area contributed by atoms with Gasteiger partial charge in [-0.2, -0.15) is 4.98 Å². The van der Waals surface area contributed by atoms with Crippen LogP contribution < -0.4 is 17.0 Å². The minimum absolute atomic E-state index is 0.0105. The van der Waals surface area contributed by atoms with Crippen molar-refractivity contribution in [2.45, 2.75) is 6.54 Å². The Morgan fingerprint density at radius 2 is 1.82 bits per heavy atom. The van der Waals surface area contributed by atoms with Gasteiger partial charge in [-0.15, -0.1) is 0 Å². The van der Waals surface area contributed by atoms with Gasteiger partial charge in [0.05, 0.1) is 11.4 Å². The highest BCUT2D eigenvalue weighted by Crippen LogP contribution is 2.28. The third-order valence-corrected chi connectivity index (χ3v) is 4.42. The summed E-state index contributed by atoms with van der Waals surface area (Å²) in [5, 5.41) is 0.392. The van der Waals surface area contributed by atoms with E-state index < -0.39 is 22.9 Å². The maximum atomic E-state index is 14.3. The molecule has 0 bridgehead atoms. The van der Waals surface area contributed by atoms with Crippen molar-refractivity contribution in [3.05, 3.63) is 92.6 Å². The van der Waals surface area contributed by atoms with Crippen LogP contribution in [0.5, 0.6) is 0 Å². The van der Waals surface area contributed by atoms with Gasteiger partial charge in [0.1, 0.15) is 11.6 Å². The van der Waals surface area contributed by atoms with Crippen LogP contribution in [0.15, 0.2) is 64.2 Å². The summed E-state index contributed by atoms with van der Waals surface area (Å²) in [7, 11) is 0. The number of aromatic amines is 1. The standard InChI is InChI=1S/C20H14F2N4O2/c21-12-5-6-13(11(9-12)10-23)18-14-7-8-17(27)26(19(14)25-20(28)24-18)16-4-2-1-3-15(16)22/h1-9H,10,23H2,(H,24,25,28). The van der Waals surface area contributed by atoms with Gasteiger partial charge in [0, 0.05) is 23.6 Å². The number of nitrogens with zero attached hydrogens (tertiary/aromatic N) is 2. The molecular weight excluding hydrogens is 366 g/mol. The molecule has 0 saturated heterocycles. The van der Waals surface area contributed by atoms with E-state index in [1.807, 2.05) is 0 Å². The number of benzene rings is 2. The minimum atomic E-state index is -0.731. The number of hydrogen-bond acceptors (Lipinski definition) is 4. The summed E-state index contributed by atoms with van der Waals surface area (Å²) in [4.78, 5) is 31.2. The third-order valence-electron chi connectivity index (χ3n) is 4.42. The molecule has 0 atom stereocenters. The zero-order valence-electron chi connectivity index (χ0n) is 14.4. The lowest BCUT2D eigenvalue weighted by Crippen LogP contribution is -2.23. The summed E-state index contributed by atoms with van der Waals surface area (Å²) < 4.78 is 29.0. The second-order valence-electron chi connectivity index (χ2n) is 6.12. The second kappa shape index (κ2) is 6.82. The van der Waals surface area contributed by atoms with Crippen molar-refractivity contribution in [3.63, 3.8) is 0 Å². The number of hydrogen-bond donors (Lipinski definition) is 2. The molecule has 0 spiro atoms. The Kier molecular flexibility index (Phi) is 4.32. The first-order chi connectivity index (χ1) is 13.5. The van der Waals surface area contributed by atoms with E-state index >= 15 is 0 Å². The fourth-order valence-electron chi connectivity index (χ4n) is 3.19. The molecule has 0 amide bonds. The van der Waals surface area contributed by atoms with Crippen LogP contribution in [-0.4, -0.2) is 14.5 Å². The summed E-state index contributed by atoms with van der Waals surface area (Å²) in [6, 6.07) is 12.4. The normalized spacial score (nSPS) is 11.1. The van der Waals surface area contributed by atoms with Gasteiger partial charge in [-0.05, 0) is 42.0 Å². The fraction of sp³-hybridized carbons (Fsp3) is 0.0500. The van der Waals surface area contributed by atoms with Crippen LogP contribution in [0.2, 0.25) is 0 Å². The number of halogens is 2. The molecule has 0 aliphatic rings. The van der Waals surface area contributed by atoms with Crippen LogP contribution in [0.4, 0.5) is 8.78 Å². The Balaban J connectivity index is 2.13. The summed E-state index contributed by atoms with van der Waals surface area (Å²) in [6.07, 6.45) is 0. The maximum Gasteiger partial charge on any atom is 0.347 e. The van der Waals surface area contributed by atoms with Crippen LogP contribution >= 0.6 is 0 Å². The fourth-order valence-corrected chi connectivity index (χ4v) is 3.19. The average molecular weight is 380 g/mol. The number of nitrogens with one attached hydrogen (secondary N) is 1. The number of para-hydroxylation sites is 1. The predicted molar refractivity (Wildman–Crippen MR) is 101 cm³/mol. The number of H-pyrrole nitrogens is 1. The molecule has 0 radical (unpaired) electrons. The van der Waals surface area contributed by atoms with E-state index in [1.165, 1.54) is 48.5 Å². The highest BCUT2D eigenvalue weighted by atomic mass is 19.1. The van der Waals surface area contributed by atoms with Crippen molar-refractivity contribution in [3.8, 4) is 16.9 Å². The lowest BCUT2D eigenvalue weighted by molar-refractivity contribution is 0.617. The molecule has 3 N–H and O–H groups in total. The van der Waals surface area contributed by atoms with Gasteiger partial charge in [-0.3, -0.25) is 9.36 Å². The average Bonchev–Trinajstić information content (AvgIpc) is 2.68. The predicted octanol–water partition coefficient (Wildman–Crippen LogP) is 2.48. The monoisotopic (exact) mass is 380 g/mol. The van der Waals surface area contributed by atoms with Crippen molar-refractivity contribution in [1.29, 1.82) is 0 Å². The van der Waals surface area contributed by atoms with Gasteiger partial charge in [-0.25, -0.2) is 13.6 Å². The van der Waals surface area contributed by atoms with Crippen LogP contribution in [-0.2, 0) is 6.54 Å². The topological polar surface area (TPSA) is 93.8 Å². The van der Waals surface area contributed by atoms with Crippen LogP contribution in [0.1, 0.15) is 5.56 Å². The SMILES string of the molecule is NCc1cc(F)ccc1-c1[nH]c(=O)nc2c1ccc(=O)n2-c1ccccc1F. The van der Waals surface area contributed by atoms with Crippen molar-refractivity contribution in [1.82, 2.24) is 14.5 Å². The zero-order chi connectivity index (χ0) is 19.8. The molecule has 2 aromatic carbocycles. The van der Waals surface area contributed by atoms with E-state index in [2.05, 4.69) is 9.97 Å². The molecular formula is C20H14F2N4O2. The van der Waals surface area contributed by atoms with E-state index in [0.717, 1.165) is 4.57 Å². The smallest absolute Gasteiger partial charge is 0.326 e. The molecule has 2 aromatic heterocycles. The quantitative estimate of drug-likeness (QED) is 0.571. The maximum absolute atomic E-state index is 14.3. The summed E-state index contributed by atoms with van der Waals surface area (Å²) >= 11 is 0. The molecule has 6 nitrogen and oxygen atoms in total. The molecule has 0 unspecified atom stereocenters. The number of rotatable bonds is 3. The van der Waals surface area contributed by atoms with E-state index in [9.17, 15) is 18.4 Å². The van der Waals surface area contributed by atoms with Crippen molar-refractivity contribution < 1.29 is 8.78 Å². The molecule has 4 rings (SSSR count). The van der Waals surface area contributed by atoms with Gasteiger partial charge in [0.25, 0.3) is 5.56 Å². The Morgan fingerprint density at radius 1 is 1.04 bits per heavy atom. The summed E-state index contributed by atoms with van der Waals surface area (Å²) in [5.41, 5.74) is 5.69. The lowest BCUT2D eigenvalue weighted by Gasteiger charge is -2.14. The first kappa shape index (κ1) is 17.7. The van der Waals surface area contributed by atoms with Crippen LogP contribution in [0.3, 0.4) is 0 Å². The molecule has 0 aliphatic heterocycles. The molecule has 0 fully saturated rings. The molecule has 2 heterocycles. The number of fused-ring (bicyclic) bond motifs is 1. The Hall–Kier alpha value is -3.65. The highest BCUT2D eigenvalue weighted by Gasteiger charge is 2.17. The van der Waals surface area contributed by atoms with Gasteiger partial charge in [0.15, 0.2) is 5.65 Å². The Bertz CT molecular complexity index is 1330. The van der Waals surface area contributed by atoms with E-state index in [0.29, 0.717) is 22.2 Å². The largest absolute Gasteiger partial charge is 0.347 e. The Morgan fingerprint density at radius 3 is 2.57 bits per heavy atom. The first-order valence-corrected chi connectivity index (χ1v) is 8.39. The van der Waals surface area contributed by atoms with Gasteiger partial charge in [0.2, 0.25) is 0 Å². The molecule has 8 heteroatoms. The zero-order valence-corrected chi connectivity index (χ0v) is 14.4. The number of pyridine rings is 1. The van der Waals surface area contributed by atoms with Gasteiger partial charge < -0.3 is 10.7 Å². The third kappa shape index (κ3) is 2.89. The van der Waals surface area contributed by atoms with Crippen molar-refractivity contribution >= 4 is 11.0 Å². The van der Waals surface area contributed by atoms with Crippen molar-refractivity contribution in [2.75, 3.05) is 0 Å². The number of aromatic nitrogens is 3. The molecule has 140 valence electrons. The van der Waals surface area contributed by atoms with Gasteiger partial charge in [-0.1, -0.05) is 12.1 Å². The summed E-state index contributed by atoms with van der Waals surface area (Å²) in [5.74, 6) is -1.10. The highest BCUT2D eigenvalue weighted by molar-refractivity contribution is 5.91. The van der Waals surface area contributed by atoms with Crippen LogP contribution in [0, 0.1) is 11.6 Å². The minimum Gasteiger partial charge on any atom is -0.326 e. The second-order valence-corrected chi connectivity index (χ2v) is 6.12. The van der Waals surface area contributed by atoms with E-state index in [-0.39, 0.29) is 17.9 Å². The first-order valence-electron chi connectivity index (χ1n) is 8.39. The van der Waals surface area contributed by atoms with E-state index in [1.54, 1.807) is 6.07 Å².